The molecule has 1 aromatic heterocycles. The Hall–Kier alpha value is -0.470. The summed E-state index contributed by atoms with van der Waals surface area (Å²) in [7, 11) is -3.31. The number of likely N-dealkylation sites (tertiary alicyclic amines) is 1. The van der Waals surface area contributed by atoms with Crippen molar-refractivity contribution in [2.24, 2.45) is 5.92 Å². The lowest BCUT2D eigenvalue weighted by Gasteiger charge is -2.20. The van der Waals surface area contributed by atoms with Crippen molar-refractivity contribution in [2.75, 3.05) is 32.7 Å². The average molecular weight is 332 g/mol. The van der Waals surface area contributed by atoms with E-state index in [1.807, 2.05) is 13.8 Å². The van der Waals surface area contributed by atoms with E-state index >= 15 is 0 Å². The van der Waals surface area contributed by atoms with Gasteiger partial charge in [-0.1, -0.05) is 19.9 Å². The largest absolute Gasteiger partial charge is 0.298 e. The second-order valence-corrected chi connectivity index (χ2v) is 8.19. The van der Waals surface area contributed by atoms with Crippen LogP contribution in [0.4, 0.5) is 0 Å². The molecular weight excluding hydrogens is 306 g/mol. The van der Waals surface area contributed by atoms with E-state index in [0.29, 0.717) is 25.6 Å². The summed E-state index contributed by atoms with van der Waals surface area (Å²) in [6.45, 7) is 8.30. The van der Waals surface area contributed by atoms with Crippen LogP contribution in [0, 0.1) is 5.92 Å². The first kappa shape index (κ1) is 16.9. The summed E-state index contributed by atoms with van der Waals surface area (Å²) in [5.41, 5.74) is 0. The molecule has 1 aromatic rings. The highest BCUT2D eigenvalue weighted by molar-refractivity contribution is 7.87. The molecule has 0 amide bonds. The Balaban J connectivity index is 1.78. The molecule has 1 fully saturated rings. The van der Waals surface area contributed by atoms with Gasteiger partial charge in [-0.2, -0.15) is 12.7 Å². The van der Waals surface area contributed by atoms with Gasteiger partial charge in [0.25, 0.3) is 10.2 Å². The van der Waals surface area contributed by atoms with Gasteiger partial charge < -0.3 is 0 Å². The Morgan fingerprint density at radius 1 is 1.43 bits per heavy atom. The maximum absolute atomic E-state index is 12.1. The molecule has 5 nitrogen and oxygen atoms in total. The molecule has 0 aliphatic carbocycles. The minimum absolute atomic E-state index is 0.412. The van der Waals surface area contributed by atoms with Gasteiger partial charge in [0, 0.05) is 37.6 Å². The highest BCUT2D eigenvalue weighted by atomic mass is 32.2. The van der Waals surface area contributed by atoms with Crippen LogP contribution in [0.3, 0.4) is 0 Å². The first-order chi connectivity index (χ1) is 10.0. The third-order valence-corrected chi connectivity index (χ3v) is 6.52. The molecule has 0 spiro atoms. The first-order valence-corrected chi connectivity index (χ1v) is 9.86. The molecule has 0 bridgehead atoms. The van der Waals surface area contributed by atoms with Gasteiger partial charge >= 0.3 is 0 Å². The Bertz CT molecular complexity index is 512. The molecule has 0 radical (unpaired) electrons. The van der Waals surface area contributed by atoms with E-state index in [-0.39, 0.29) is 0 Å². The molecule has 2 rings (SSSR count). The summed E-state index contributed by atoms with van der Waals surface area (Å²) in [5.74, 6) is 0.412. The lowest BCUT2D eigenvalue weighted by Crippen LogP contribution is -2.42. The molecule has 1 N–H and O–H groups in total. The molecule has 1 aliphatic heterocycles. The number of nitrogens with one attached hydrogen (secondary N) is 1. The summed E-state index contributed by atoms with van der Waals surface area (Å²) < 4.78 is 28.4. The van der Waals surface area contributed by atoms with E-state index in [1.165, 1.54) is 9.18 Å². The molecule has 1 saturated heterocycles. The summed E-state index contributed by atoms with van der Waals surface area (Å²) in [6, 6.07) is 4.23. The Morgan fingerprint density at radius 2 is 2.19 bits per heavy atom. The van der Waals surface area contributed by atoms with Crippen molar-refractivity contribution in [3.63, 3.8) is 0 Å². The van der Waals surface area contributed by atoms with Gasteiger partial charge in [-0.15, -0.1) is 11.3 Å². The van der Waals surface area contributed by atoms with Crippen molar-refractivity contribution in [2.45, 2.75) is 26.8 Å². The molecule has 1 atom stereocenters. The van der Waals surface area contributed by atoms with Crippen molar-refractivity contribution in [3.8, 4) is 0 Å². The van der Waals surface area contributed by atoms with Gasteiger partial charge in [0.1, 0.15) is 0 Å². The van der Waals surface area contributed by atoms with Crippen LogP contribution >= 0.6 is 11.3 Å². The van der Waals surface area contributed by atoms with E-state index < -0.39 is 10.2 Å². The fourth-order valence-electron chi connectivity index (χ4n) is 2.72. The number of hydrogen-bond donors (Lipinski definition) is 1. The van der Waals surface area contributed by atoms with E-state index in [9.17, 15) is 8.42 Å². The summed E-state index contributed by atoms with van der Waals surface area (Å²) in [4.78, 5) is 3.78. The van der Waals surface area contributed by atoms with E-state index in [4.69, 9.17) is 0 Å². The van der Waals surface area contributed by atoms with E-state index in [0.717, 1.165) is 26.1 Å². The smallest absolute Gasteiger partial charge is 0.279 e. The summed E-state index contributed by atoms with van der Waals surface area (Å²) >= 11 is 1.78. The molecular formula is C14H25N3O2S2. The predicted molar refractivity (Wildman–Crippen MR) is 87.5 cm³/mol. The topological polar surface area (TPSA) is 52.7 Å². The molecule has 1 aliphatic rings. The highest BCUT2D eigenvalue weighted by Gasteiger charge is 2.25. The van der Waals surface area contributed by atoms with Crippen molar-refractivity contribution in [1.29, 1.82) is 0 Å². The zero-order chi connectivity index (χ0) is 15.3. The molecule has 0 aromatic carbocycles. The fraction of sp³-hybridized carbons (Fsp3) is 0.714. The summed E-state index contributed by atoms with van der Waals surface area (Å²) in [6.07, 6.45) is 1.06. The van der Waals surface area contributed by atoms with Gasteiger partial charge in [0.15, 0.2) is 0 Å². The maximum Gasteiger partial charge on any atom is 0.279 e. The predicted octanol–water partition coefficient (Wildman–Crippen LogP) is 1.75. The van der Waals surface area contributed by atoms with Gasteiger partial charge in [0.05, 0.1) is 0 Å². The molecule has 0 saturated carbocycles. The second-order valence-electron chi connectivity index (χ2n) is 5.41. The molecule has 1 unspecified atom stereocenters. The monoisotopic (exact) mass is 331 g/mol. The van der Waals surface area contributed by atoms with Crippen LogP contribution in [0.1, 0.15) is 25.1 Å². The summed E-state index contributed by atoms with van der Waals surface area (Å²) in [5, 5.41) is 2.10. The lowest BCUT2D eigenvalue weighted by atomic mass is 10.1. The minimum Gasteiger partial charge on any atom is -0.298 e. The van der Waals surface area contributed by atoms with Crippen molar-refractivity contribution >= 4 is 21.5 Å². The van der Waals surface area contributed by atoms with Crippen molar-refractivity contribution in [1.82, 2.24) is 13.9 Å². The Labute approximate surface area is 132 Å². The third kappa shape index (κ3) is 4.75. The molecule has 120 valence electrons. The number of nitrogens with zero attached hydrogens (tertiary/aromatic N) is 2. The van der Waals surface area contributed by atoms with Crippen molar-refractivity contribution in [3.05, 3.63) is 22.4 Å². The second kappa shape index (κ2) is 7.69. The van der Waals surface area contributed by atoms with E-state index in [1.54, 1.807) is 11.3 Å². The quantitative estimate of drug-likeness (QED) is 0.789. The van der Waals surface area contributed by atoms with Gasteiger partial charge in [-0.25, -0.2) is 4.72 Å². The number of thiophene rings is 1. The number of hydrogen-bond acceptors (Lipinski definition) is 4. The molecule has 7 heteroatoms. The first-order valence-electron chi connectivity index (χ1n) is 7.54. The maximum atomic E-state index is 12.1. The van der Waals surface area contributed by atoms with Gasteiger partial charge in [0.2, 0.25) is 0 Å². The van der Waals surface area contributed by atoms with E-state index in [2.05, 4.69) is 27.1 Å². The third-order valence-electron chi connectivity index (χ3n) is 3.93. The van der Waals surface area contributed by atoms with Crippen LogP contribution in [0.2, 0.25) is 0 Å². The standard InChI is InChI=1S/C14H25N3O2S2/c1-3-17(4-2)21(18,19)15-10-13-7-8-16(11-13)12-14-6-5-9-20-14/h5-6,9,13,15H,3-4,7-8,10-12H2,1-2H3. The fourth-order valence-corrected chi connectivity index (χ4v) is 4.78. The van der Waals surface area contributed by atoms with Crippen LogP contribution in [-0.4, -0.2) is 50.3 Å². The average Bonchev–Trinajstić information content (AvgIpc) is 3.10. The SMILES string of the molecule is CCN(CC)S(=O)(=O)NCC1CCN(Cc2cccs2)C1. The Morgan fingerprint density at radius 3 is 2.81 bits per heavy atom. The Kier molecular flexibility index (Phi) is 6.19. The van der Waals surface area contributed by atoms with Crippen LogP contribution in [0.15, 0.2) is 17.5 Å². The van der Waals surface area contributed by atoms with Crippen molar-refractivity contribution < 1.29 is 8.42 Å². The van der Waals surface area contributed by atoms with Crippen LogP contribution in [0.25, 0.3) is 0 Å². The van der Waals surface area contributed by atoms with Gasteiger partial charge in [-0.05, 0) is 30.3 Å². The minimum atomic E-state index is -3.31. The van der Waals surface area contributed by atoms with Crippen LogP contribution < -0.4 is 4.72 Å². The van der Waals surface area contributed by atoms with Crippen LogP contribution in [-0.2, 0) is 16.8 Å². The lowest BCUT2D eigenvalue weighted by molar-refractivity contribution is 0.318. The normalized spacial score (nSPS) is 20.4. The zero-order valence-electron chi connectivity index (χ0n) is 12.8. The highest BCUT2D eigenvalue weighted by Crippen LogP contribution is 2.20. The molecule has 21 heavy (non-hydrogen) atoms. The van der Waals surface area contributed by atoms with Crippen LogP contribution in [0.5, 0.6) is 0 Å². The number of rotatable bonds is 8. The molecule has 2 heterocycles. The zero-order valence-corrected chi connectivity index (χ0v) is 14.4. The van der Waals surface area contributed by atoms with Gasteiger partial charge in [-0.3, -0.25) is 4.90 Å².